The summed E-state index contributed by atoms with van der Waals surface area (Å²) in [5.41, 5.74) is 3.14. The van der Waals surface area contributed by atoms with E-state index in [1.54, 1.807) is 13.1 Å². The van der Waals surface area contributed by atoms with Gasteiger partial charge in [-0.15, -0.1) is 0 Å². The molecule has 2 fully saturated rings. The number of fused-ring (bicyclic) bond motifs is 1. The van der Waals surface area contributed by atoms with Crippen molar-refractivity contribution in [1.29, 1.82) is 0 Å². The van der Waals surface area contributed by atoms with Gasteiger partial charge in [0, 0.05) is 68.5 Å². The maximum absolute atomic E-state index is 13.2. The number of piperazine rings is 1. The topological polar surface area (TPSA) is 85.4 Å². The molecule has 35 heavy (non-hydrogen) atoms. The zero-order valence-corrected chi connectivity index (χ0v) is 20.8. The number of hydrogen-bond acceptors (Lipinski definition) is 5. The average molecular weight is 475 g/mol. The van der Waals surface area contributed by atoms with Gasteiger partial charge in [0.2, 0.25) is 5.91 Å². The summed E-state index contributed by atoms with van der Waals surface area (Å²) in [6.45, 7) is 8.92. The van der Waals surface area contributed by atoms with E-state index in [9.17, 15) is 9.59 Å². The van der Waals surface area contributed by atoms with Crippen LogP contribution in [0.15, 0.2) is 36.7 Å². The summed E-state index contributed by atoms with van der Waals surface area (Å²) in [5, 5.41) is 0.901. The Morgan fingerprint density at radius 3 is 2.43 bits per heavy atom. The maximum Gasteiger partial charge on any atom is 0.255 e. The molecule has 1 N–H and O–H groups in total. The number of anilines is 1. The highest BCUT2D eigenvalue weighted by Crippen LogP contribution is 2.30. The fourth-order valence-corrected chi connectivity index (χ4v) is 5.67. The molecule has 0 saturated carbocycles. The molecular formula is C27H34N6O2. The first-order valence-electron chi connectivity index (χ1n) is 12.7. The van der Waals surface area contributed by atoms with Gasteiger partial charge in [0.1, 0.15) is 11.5 Å². The molecule has 5 heterocycles. The van der Waals surface area contributed by atoms with E-state index in [1.165, 1.54) is 12.8 Å². The number of aromatic nitrogens is 3. The summed E-state index contributed by atoms with van der Waals surface area (Å²) in [4.78, 5) is 44.2. The van der Waals surface area contributed by atoms with Crippen molar-refractivity contribution in [3.8, 4) is 11.3 Å². The molecule has 2 atom stereocenters. The number of hydrogen-bond donors (Lipinski definition) is 1. The lowest BCUT2D eigenvalue weighted by Gasteiger charge is -2.44. The van der Waals surface area contributed by atoms with Crippen LogP contribution < -0.4 is 4.90 Å². The largest absolute Gasteiger partial charge is 0.352 e. The monoisotopic (exact) mass is 474 g/mol. The Hall–Kier alpha value is -3.42. The summed E-state index contributed by atoms with van der Waals surface area (Å²) in [6, 6.07) is 8.22. The lowest BCUT2D eigenvalue weighted by molar-refractivity contribution is -0.133. The Morgan fingerprint density at radius 2 is 1.74 bits per heavy atom. The minimum atomic E-state index is 0.0569. The summed E-state index contributed by atoms with van der Waals surface area (Å²) in [6.07, 6.45) is 8.09. The number of H-pyrrole nitrogens is 1. The molecule has 0 aromatic carbocycles. The normalized spacial score (nSPS) is 21.3. The second-order valence-corrected chi connectivity index (χ2v) is 9.94. The highest BCUT2D eigenvalue weighted by molar-refractivity contribution is 6.00. The van der Waals surface area contributed by atoms with Crippen LogP contribution in [-0.2, 0) is 4.79 Å². The van der Waals surface area contributed by atoms with E-state index in [2.05, 4.69) is 28.7 Å². The molecule has 8 nitrogen and oxygen atoms in total. The SMILES string of the molecule is CC(=O)N1[C@H](C)CN(c2cccc(-c3c[nH]c4ncc(C(=O)N5CCCCCC5)cc34)n2)C[C@@H]1C. The Morgan fingerprint density at radius 1 is 1.03 bits per heavy atom. The van der Waals surface area contributed by atoms with Crippen LogP contribution in [0.5, 0.6) is 0 Å². The van der Waals surface area contributed by atoms with Crippen LogP contribution in [0, 0.1) is 0 Å². The first-order chi connectivity index (χ1) is 16.9. The Kier molecular flexibility index (Phi) is 6.45. The second-order valence-electron chi connectivity index (χ2n) is 9.94. The predicted molar refractivity (Wildman–Crippen MR) is 137 cm³/mol. The second kappa shape index (κ2) is 9.68. The number of carbonyl (C=O) groups is 2. The third-order valence-electron chi connectivity index (χ3n) is 7.29. The highest BCUT2D eigenvalue weighted by Gasteiger charge is 2.31. The van der Waals surface area contributed by atoms with Crippen LogP contribution in [0.3, 0.4) is 0 Å². The summed E-state index contributed by atoms with van der Waals surface area (Å²) in [5.74, 6) is 1.06. The maximum atomic E-state index is 13.2. The first kappa shape index (κ1) is 23.3. The van der Waals surface area contributed by atoms with E-state index < -0.39 is 0 Å². The molecular weight excluding hydrogens is 440 g/mol. The van der Waals surface area contributed by atoms with E-state index >= 15 is 0 Å². The Balaban J connectivity index is 1.43. The van der Waals surface area contributed by atoms with Gasteiger partial charge in [-0.2, -0.15) is 0 Å². The van der Waals surface area contributed by atoms with E-state index in [0.717, 1.165) is 67.1 Å². The molecule has 8 heteroatoms. The third kappa shape index (κ3) is 4.61. The van der Waals surface area contributed by atoms with E-state index in [-0.39, 0.29) is 23.9 Å². The van der Waals surface area contributed by atoms with Gasteiger partial charge in [0.15, 0.2) is 0 Å². The number of likely N-dealkylation sites (tertiary alicyclic amines) is 1. The van der Waals surface area contributed by atoms with Crippen LogP contribution >= 0.6 is 0 Å². The summed E-state index contributed by atoms with van der Waals surface area (Å²) >= 11 is 0. The molecule has 5 rings (SSSR count). The van der Waals surface area contributed by atoms with E-state index in [4.69, 9.17) is 4.98 Å². The van der Waals surface area contributed by atoms with Crippen molar-refractivity contribution in [3.63, 3.8) is 0 Å². The highest BCUT2D eigenvalue weighted by atomic mass is 16.2. The van der Waals surface area contributed by atoms with E-state index in [1.807, 2.05) is 40.3 Å². The first-order valence-corrected chi connectivity index (χ1v) is 12.7. The van der Waals surface area contributed by atoms with Gasteiger partial charge in [-0.1, -0.05) is 18.9 Å². The van der Waals surface area contributed by atoms with Gasteiger partial charge in [0.05, 0.1) is 11.3 Å². The van der Waals surface area contributed by atoms with Crippen molar-refractivity contribution in [2.24, 2.45) is 0 Å². The Bertz CT molecular complexity index is 1220. The number of nitrogens with one attached hydrogen (secondary N) is 1. The molecule has 0 spiro atoms. The molecule has 0 radical (unpaired) electrons. The van der Waals surface area contributed by atoms with Gasteiger partial charge in [-0.05, 0) is 44.9 Å². The van der Waals surface area contributed by atoms with Crippen LogP contribution in [0.1, 0.15) is 56.8 Å². The summed E-state index contributed by atoms with van der Waals surface area (Å²) < 4.78 is 0. The van der Waals surface area contributed by atoms with Gasteiger partial charge < -0.3 is 19.7 Å². The van der Waals surface area contributed by atoms with Crippen molar-refractivity contribution >= 4 is 28.7 Å². The van der Waals surface area contributed by atoms with Crippen LogP contribution in [0.4, 0.5) is 5.82 Å². The minimum absolute atomic E-state index is 0.0569. The van der Waals surface area contributed by atoms with E-state index in [0.29, 0.717) is 5.56 Å². The van der Waals surface area contributed by atoms with Crippen LogP contribution in [0.2, 0.25) is 0 Å². The van der Waals surface area contributed by atoms with Crippen molar-refractivity contribution in [1.82, 2.24) is 24.8 Å². The number of carbonyl (C=O) groups excluding carboxylic acids is 2. The van der Waals surface area contributed by atoms with Gasteiger partial charge in [0.25, 0.3) is 5.91 Å². The average Bonchev–Trinajstić information content (AvgIpc) is 3.07. The van der Waals surface area contributed by atoms with Crippen molar-refractivity contribution in [2.45, 2.75) is 58.5 Å². The molecule has 0 aliphatic carbocycles. The van der Waals surface area contributed by atoms with Crippen molar-refractivity contribution in [3.05, 3.63) is 42.2 Å². The smallest absolute Gasteiger partial charge is 0.255 e. The fourth-order valence-electron chi connectivity index (χ4n) is 5.67. The predicted octanol–water partition coefficient (Wildman–Crippen LogP) is 4.09. The number of aromatic amines is 1. The quantitative estimate of drug-likeness (QED) is 0.618. The van der Waals surface area contributed by atoms with Crippen LogP contribution in [-0.4, -0.2) is 74.8 Å². The van der Waals surface area contributed by atoms with Crippen molar-refractivity contribution in [2.75, 3.05) is 31.1 Å². The van der Waals surface area contributed by atoms with Gasteiger partial charge in [-0.25, -0.2) is 9.97 Å². The molecule has 2 saturated heterocycles. The summed E-state index contributed by atoms with van der Waals surface area (Å²) in [7, 11) is 0. The number of pyridine rings is 2. The third-order valence-corrected chi connectivity index (χ3v) is 7.29. The fraction of sp³-hybridized carbons (Fsp3) is 0.481. The van der Waals surface area contributed by atoms with Crippen molar-refractivity contribution < 1.29 is 9.59 Å². The molecule has 0 bridgehead atoms. The molecule has 3 aromatic heterocycles. The lowest BCUT2D eigenvalue weighted by Crippen LogP contribution is -2.58. The zero-order chi connectivity index (χ0) is 24.5. The number of rotatable bonds is 3. The number of nitrogens with zero attached hydrogens (tertiary/aromatic N) is 5. The molecule has 2 amide bonds. The molecule has 2 aliphatic heterocycles. The molecule has 184 valence electrons. The molecule has 2 aliphatic rings. The minimum Gasteiger partial charge on any atom is -0.352 e. The van der Waals surface area contributed by atoms with Gasteiger partial charge in [-0.3, -0.25) is 9.59 Å². The zero-order valence-electron chi connectivity index (χ0n) is 20.8. The van der Waals surface area contributed by atoms with Crippen LogP contribution in [0.25, 0.3) is 22.3 Å². The standard InChI is InChI=1S/C27H34N6O2/c1-18-16-32(17-19(2)33(18)20(3)34)25-10-8-9-24(30-25)23-15-29-26-22(23)13-21(14-28-26)27(35)31-11-6-4-5-7-12-31/h8-10,13-15,18-19H,4-7,11-12,16-17H2,1-3H3,(H,28,29)/t18-,19+. The molecule has 3 aromatic rings. The molecule has 0 unspecified atom stereocenters. The Labute approximate surface area is 206 Å². The lowest BCUT2D eigenvalue weighted by atomic mass is 10.1. The number of amides is 2. The van der Waals surface area contributed by atoms with Gasteiger partial charge >= 0.3 is 0 Å².